The van der Waals surface area contributed by atoms with Crippen LogP contribution in [0.15, 0.2) is 24.3 Å². The van der Waals surface area contributed by atoms with Gasteiger partial charge in [-0.1, -0.05) is 0 Å². The molecule has 0 aromatic heterocycles. The van der Waals surface area contributed by atoms with E-state index in [2.05, 4.69) is 5.32 Å². The minimum Gasteiger partial charge on any atom is -0.484 e. The van der Waals surface area contributed by atoms with Crippen LogP contribution in [0.1, 0.15) is 26.7 Å². The van der Waals surface area contributed by atoms with Crippen molar-refractivity contribution in [3.8, 4) is 5.75 Å². The molecule has 0 heterocycles. The molecule has 0 aliphatic rings. The van der Waals surface area contributed by atoms with Gasteiger partial charge < -0.3 is 25.3 Å². The molecule has 25 heavy (non-hydrogen) atoms. The van der Waals surface area contributed by atoms with Gasteiger partial charge >= 0.3 is 11.9 Å². The lowest BCUT2D eigenvalue weighted by molar-refractivity contribution is -0.149. The normalized spacial score (nSPS) is 11.3. The topological polar surface area (TPSA) is 117 Å². The van der Waals surface area contributed by atoms with E-state index < -0.39 is 23.9 Å². The van der Waals surface area contributed by atoms with Gasteiger partial charge in [-0.15, -0.1) is 0 Å². The number of esters is 2. The molecule has 1 atom stereocenters. The van der Waals surface area contributed by atoms with Crippen LogP contribution in [0.4, 0.5) is 5.69 Å². The van der Waals surface area contributed by atoms with Gasteiger partial charge in [0.1, 0.15) is 11.8 Å². The van der Waals surface area contributed by atoms with Gasteiger partial charge in [0.25, 0.3) is 5.91 Å². The Morgan fingerprint density at radius 2 is 1.72 bits per heavy atom. The molecule has 8 heteroatoms. The summed E-state index contributed by atoms with van der Waals surface area (Å²) < 4.78 is 15.0. The predicted octanol–water partition coefficient (Wildman–Crippen LogP) is 1.04. The molecule has 0 saturated heterocycles. The number of hydrogen-bond acceptors (Lipinski definition) is 7. The highest BCUT2D eigenvalue weighted by Gasteiger charge is 2.23. The van der Waals surface area contributed by atoms with Crippen LogP contribution in [0, 0.1) is 0 Å². The van der Waals surface area contributed by atoms with Crippen molar-refractivity contribution < 1.29 is 28.6 Å². The predicted molar refractivity (Wildman–Crippen MR) is 90.8 cm³/mol. The molecule has 0 aliphatic carbocycles. The highest BCUT2D eigenvalue weighted by molar-refractivity contribution is 5.85. The SMILES string of the molecule is CCOC(=O)CCC(NC(=O)COc1ccc(N)cc1)C(=O)OCC. The van der Waals surface area contributed by atoms with Gasteiger partial charge in [0.05, 0.1) is 13.2 Å². The maximum Gasteiger partial charge on any atom is 0.328 e. The van der Waals surface area contributed by atoms with Crippen molar-refractivity contribution in [2.24, 2.45) is 0 Å². The number of nitrogen functional groups attached to an aromatic ring is 1. The minimum absolute atomic E-state index is 0.00355. The monoisotopic (exact) mass is 352 g/mol. The Morgan fingerprint density at radius 3 is 2.32 bits per heavy atom. The summed E-state index contributed by atoms with van der Waals surface area (Å²) in [5.74, 6) is -1.07. The number of amides is 1. The molecular formula is C17H24N2O6. The second-order valence-corrected chi connectivity index (χ2v) is 5.07. The van der Waals surface area contributed by atoms with E-state index in [4.69, 9.17) is 19.9 Å². The summed E-state index contributed by atoms with van der Waals surface area (Å²) in [5, 5.41) is 2.51. The third-order valence-corrected chi connectivity index (χ3v) is 3.10. The van der Waals surface area contributed by atoms with E-state index in [9.17, 15) is 14.4 Å². The molecule has 0 spiro atoms. The lowest BCUT2D eigenvalue weighted by Crippen LogP contribution is -2.44. The Kier molecular flexibility index (Phi) is 8.84. The first kappa shape index (κ1) is 20.3. The maximum atomic E-state index is 12.0. The molecule has 1 rings (SSSR count). The molecular weight excluding hydrogens is 328 g/mol. The van der Waals surface area contributed by atoms with E-state index in [1.807, 2.05) is 0 Å². The molecule has 0 aliphatic heterocycles. The third-order valence-electron chi connectivity index (χ3n) is 3.10. The summed E-state index contributed by atoms with van der Waals surface area (Å²) in [5.41, 5.74) is 6.15. The first-order valence-electron chi connectivity index (χ1n) is 8.06. The van der Waals surface area contributed by atoms with Crippen molar-refractivity contribution in [2.45, 2.75) is 32.7 Å². The van der Waals surface area contributed by atoms with Crippen molar-refractivity contribution >= 4 is 23.5 Å². The zero-order valence-electron chi connectivity index (χ0n) is 14.4. The first-order valence-corrected chi connectivity index (χ1v) is 8.06. The summed E-state index contributed by atoms with van der Waals surface area (Å²) in [4.78, 5) is 35.3. The fourth-order valence-corrected chi connectivity index (χ4v) is 1.94. The van der Waals surface area contributed by atoms with E-state index >= 15 is 0 Å². The summed E-state index contributed by atoms with van der Waals surface area (Å²) >= 11 is 0. The molecule has 0 bridgehead atoms. The van der Waals surface area contributed by atoms with Crippen molar-refractivity contribution in [3.05, 3.63) is 24.3 Å². The van der Waals surface area contributed by atoms with Gasteiger partial charge in [0.15, 0.2) is 6.61 Å². The number of nitrogens with one attached hydrogen (secondary N) is 1. The van der Waals surface area contributed by atoms with E-state index in [1.54, 1.807) is 38.1 Å². The molecule has 1 aromatic carbocycles. The fraction of sp³-hybridized carbons (Fsp3) is 0.471. The zero-order valence-corrected chi connectivity index (χ0v) is 14.4. The van der Waals surface area contributed by atoms with Crippen molar-refractivity contribution in [1.29, 1.82) is 0 Å². The average molecular weight is 352 g/mol. The number of benzene rings is 1. The second kappa shape index (κ2) is 10.9. The quantitative estimate of drug-likeness (QED) is 0.477. The van der Waals surface area contributed by atoms with Crippen LogP contribution < -0.4 is 15.8 Å². The molecule has 0 radical (unpaired) electrons. The van der Waals surface area contributed by atoms with Gasteiger partial charge in [-0.05, 0) is 44.5 Å². The molecule has 8 nitrogen and oxygen atoms in total. The number of nitrogens with two attached hydrogens (primary N) is 1. The maximum absolute atomic E-state index is 12.0. The molecule has 3 N–H and O–H groups in total. The van der Waals surface area contributed by atoms with Crippen molar-refractivity contribution in [1.82, 2.24) is 5.32 Å². The molecule has 138 valence electrons. The summed E-state index contributed by atoms with van der Waals surface area (Å²) in [6.45, 7) is 3.50. The van der Waals surface area contributed by atoms with Crippen molar-refractivity contribution in [3.63, 3.8) is 0 Å². The molecule has 0 saturated carbocycles. The van der Waals surface area contributed by atoms with Gasteiger partial charge in [-0.3, -0.25) is 9.59 Å². The summed E-state index contributed by atoms with van der Waals surface area (Å²) in [6, 6.07) is 5.62. The highest BCUT2D eigenvalue weighted by atomic mass is 16.5. The third kappa shape index (κ3) is 8.05. The summed E-state index contributed by atoms with van der Waals surface area (Å²) in [7, 11) is 0. The standard InChI is InChI=1S/C17H24N2O6/c1-3-23-16(21)10-9-14(17(22)24-4-2)19-15(20)11-25-13-7-5-12(18)6-8-13/h5-8,14H,3-4,9-11,18H2,1-2H3,(H,19,20). The molecule has 1 amide bonds. The first-order chi connectivity index (χ1) is 12.0. The Balaban J connectivity index is 2.53. The molecule has 0 fully saturated rings. The smallest absolute Gasteiger partial charge is 0.328 e. The van der Waals surface area contributed by atoms with E-state index in [0.29, 0.717) is 11.4 Å². The summed E-state index contributed by atoms with van der Waals surface area (Å²) in [6.07, 6.45) is 0.0850. The van der Waals surface area contributed by atoms with Gasteiger partial charge in [0.2, 0.25) is 0 Å². The minimum atomic E-state index is -0.938. The van der Waals surface area contributed by atoms with Crippen LogP contribution in [-0.2, 0) is 23.9 Å². The number of hydrogen-bond donors (Lipinski definition) is 2. The largest absolute Gasteiger partial charge is 0.484 e. The van der Waals surface area contributed by atoms with Crippen LogP contribution in [0.2, 0.25) is 0 Å². The van der Waals surface area contributed by atoms with E-state index in [0.717, 1.165) is 0 Å². The number of ether oxygens (including phenoxy) is 3. The number of rotatable bonds is 10. The zero-order chi connectivity index (χ0) is 18.7. The Bertz CT molecular complexity index is 573. The fourth-order valence-electron chi connectivity index (χ4n) is 1.94. The molecule has 1 unspecified atom stereocenters. The van der Waals surface area contributed by atoms with E-state index in [-0.39, 0.29) is 32.7 Å². The lowest BCUT2D eigenvalue weighted by atomic mass is 10.1. The Hall–Kier alpha value is -2.77. The van der Waals surface area contributed by atoms with Crippen molar-refractivity contribution in [2.75, 3.05) is 25.6 Å². The van der Waals surface area contributed by atoms with Crippen LogP contribution in [0.3, 0.4) is 0 Å². The number of carbonyl (C=O) groups is 3. The average Bonchev–Trinajstić information content (AvgIpc) is 2.58. The van der Waals surface area contributed by atoms with Gasteiger partial charge in [-0.25, -0.2) is 4.79 Å². The van der Waals surface area contributed by atoms with Crippen LogP contribution in [-0.4, -0.2) is 43.7 Å². The Labute approximate surface area is 146 Å². The van der Waals surface area contributed by atoms with Crippen LogP contribution in [0.5, 0.6) is 5.75 Å². The second-order valence-electron chi connectivity index (χ2n) is 5.07. The lowest BCUT2D eigenvalue weighted by Gasteiger charge is -2.17. The van der Waals surface area contributed by atoms with Gasteiger partial charge in [-0.2, -0.15) is 0 Å². The number of anilines is 1. The molecule has 1 aromatic rings. The Morgan fingerprint density at radius 1 is 1.08 bits per heavy atom. The van der Waals surface area contributed by atoms with Crippen LogP contribution in [0.25, 0.3) is 0 Å². The van der Waals surface area contributed by atoms with Crippen LogP contribution >= 0.6 is 0 Å². The number of carbonyl (C=O) groups excluding carboxylic acids is 3. The highest BCUT2D eigenvalue weighted by Crippen LogP contribution is 2.12. The van der Waals surface area contributed by atoms with E-state index in [1.165, 1.54) is 0 Å². The van der Waals surface area contributed by atoms with Gasteiger partial charge in [0, 0.05) is 12.1 Å².